The first-order valence-corrected chi connectivity index (χ1v) is 8.20. The van der Waals surface area contributed by atoms with Crippen molar-refractivity contribution in [3.8, 4) is 11.5 Å². The highest BCUT2D eigenvalue weighted by Crippen LogP contribution is 2.31. The van der Waals surface area contributed by atoms with Crippen LogP contribution in [-0.4, -0.2) is 13.3 Å². The van der Waals surface area contributed by atoms with Gasteiger partial charge < -0.3 is 14.2 Å². The summed E-state index contributed by atoms with van der Waals surface area (Å²) in [7, 11) is 1.19. The van der Waals surface area contributed by atoms with Crippen LogP contribution in [0.4, 0.5) is 9.18 Å². The number of hydrogen-bond acceptors (Lipinski definition) is 4. The lowest BCUT2D eigenvalue weighted by molar-refractivity contribution is 0.120. The van der Waals surface area contributed by atoms with Crippen LogP contribution in [0.15, 0.2) is 34.8 Å². The fourth-order valence-electron chi connectivity index (χ4n) is 2.24. The van der Waals surface area contributed by atoms with E-state index < -0.39 is 12.0 Å². The van der Waals surface area contributed by atoms with E-state index in [1.807, 2.05) is 19.1 Å². The molecule has 128 valence electrons. The highest BCUT2D eigenvalue weighted by molar-refractivity contribution is 9.10. The monoisotopic (exact) mass is 396 g/mol. The lowest BCUT2D eigenvalue weighted by Crippen LogP contribution is -2.11. The predicted octanol–water partition coefficient (Wildman–Crippen LogP) is 5.18. The number of halogens is 2. The number of rotatable bonds is 5. The van der Waals surface area contributed by atoms with E-state index in [2.05, 4.69) is 27.6 Å². The molecule has 2 rings (SSSR count). The largest absolute Gasteiger partial charge is 0.513 e. The predicted molar refractivity (Wildman–Crippen MR) is 92.0 cm³/mol. The van der Waals surface area contributed by atoms with Crippen molar-refractivity contribution in [3.05, 3.63) is 57.3 Å². The van der Waals surface area contributed by atoms with Gasteiger partial charge in [-0.15, -0.1) is 0 Å². The SMILES string of the molecule is CCc1cc(Br)c(OCc2c(F)cccc2OC(=O)OC)cc1C. The van der Waals surface area contributed by atoms with Crippen LogP contribution in [0, 0.1) is 12.7 Å². The van der Waals surface area contributed by atoms with Crippen LogP contribution < -0.4 is 9.47 Å². The van der Waals surface area contributed by atoms with Gasteiger partial charge in [-0.2, -0.15) is 0 Å². The quantitative estimate of drug-likeness (QED) is 0.515. The van der Waals surface area contributed by atoms with Gasteiger partial charge in [0.05, 0.1) is 17.1 Å². The molecule has 0 fully saturated rings. The summed E-state index contributed by atoms with van der Waals surface area (Å²) in [5.41, 5.74) is 2.44. The fourth-order valence-corrected chi connectivity index (χ4v) is 2.75. The van der Waals surface area contributed by atoms with Crippen LogP contribution in [-0.2, 0) is 17.8 Å². The maximum absolute atomic E-state index is 14.1. The van der Waals surface area contributed by atoms with Gasteiger partial charge in [-0.25, -0.2) is 9.18 Å². The molecule has 0 unspecified atom stereocenters. The number of benzene rings is 2. The van der Waals surface area contributed by atoms with Crippen molar-refractivity contribution in [2.75, 3.05) is 7.11 Å². The van der Waals surface area contributed by atoms with Crippen molar-refractivity contribution in [2.24, 2.45) is 0 Å². The first-order chi connectivity index (χ1) is 11.5. The Bertz CT molecular complexity index is 746. The van der Waals surface area contributed by atoms with Crippen LogP contribution >= 0.6 is 15.9 Å². The number of carbonyl (C=O) groups excluding carboxylic acids is 1. The number of hydrogen-bond donors (Lipinski definition) is 0. The van der Waals surface area contributed by atoms with E-state index in [-0.39, 0.29) is 17.9 Å². The van der Waals surface area contributed by atoms with Crippen molar-refractivity contribution in [3.63, 3.8) is 0 Å². The first-order valence-electron chi connectivity index (χ1n) is 7.41. The van der Waals surface area contributed by atoms with Crippen molar-refractivity contribution in [2.45, 2.75) is 26.9 Å². The van der Waals surface area contributed by atoms with E-state index in [0.29, 0.717) is 5.75 Å². The van der Waals surface area contributed by atoms with Gasteiger partial charge in [0.1, 0.15) is 23.9 Å². The molecular weight excluding hydrogens is 379 g/mol. The van der Waals surface area contributed by atoms with Gasteiger partial charge in [0.2, 0.25) is 0 Å². The van der Waals surface area contributed by atoms with E-state index in [1.165, 1.54) is 30.9 Å². The number of ether oxygens (including phenoxy) is 3. The van der Waals surface area contributed by atoms with E-state index in [1.54, 1.807) is 0 Å². The topological polar surface area (TPSA) is 44.8 Å². The molecule has 0 radical (unpaired) electrons. The van der Waals surface area contributed by atoms with Gasteiger partial charge >= 0.3 is 6.16 Å². The van der Waals surface area contributed by atoms with E-state index in [4.69, 9.17) is 9.47 Å². The second-order valence-corrected chi connectivity index (χ2v) is 5.98. The van der Waals surface area contributed by atoms with Gasteiger partial charge in [-0.05, 0) is 64.7 Å². The molecule has 0 saturated carbocycles. The van der Waals surface area contributed by atoms with Gasteiger partial charge in [-0.3, -0.25) is 0 Å². The van der Waals surface area contributed by atoms with Crippen molar-refractivity contribution >= 4 is 22.1 Å². The Morgan fingerprint density at radius 2 is 2.00 bits per heavy atom. The zero-order valence-corrected chi connectivity index (χ0v) is 15.3. The average molecular weight is 397 g/mol. The summed E-state index contributed by atoms with van der Waals surface area (Å²) < 4.78 is 30.0. The van der Waals surface area contributed by atoms with Crippen LogP contribution in [0.1, 0.15) is 23.6 Å². The average Bonchev–Trinajstić information content (AvgIpc) is 2.56. The lowest BCUT2D eigenvalue weighted by atomic mass is 10.1. The minimum absolute atomic E-state index is 0.0693. The van der Waals surface area contributed by atoms with Crippen LogP contribution in [0.2, 0.25) is 0 Å². The molecule has 0 aliphatic rings. The highest BCUT2D eigenvalue weighted by atomic mass is 79.9. The standard InChI is InChI=1S/C18H18BrFO4/c1-4-12-9-14(19)17(8-11(12)2)23-10-13-15(20)6-5-7-16(13)24-18(21)22-3/h5-9H,4,10H2,1-3H3. The Kier molecular flexibility index (Phi) is 6.20. The summed E-state index contributed by atoms with van der Waals surface area (Å²) in [5.74, 6) is 0.145. The minimum atomic E-state index is -0.911. The van der Waals surface area contributed by atoms with Crippen LogP contribution in [0.3, 0.4) is 0 Å². The van der Waals surface area contributed by atoms with E-state index >= 15 is 0 Å². The molecule has 0 bridgehead atoms. The van der Waals surface area contributed by atoms with Crippen molar-refractivity contribution in [1.82, 2.24) is 0 Å². The molecule has 0 aliphatic heterocycles. The molecule has 0 atom stereocenters. The molecule has 2 aromatic carbocycles. The third kappa shape index (κ3) is 4.26. The maximum atomic E-state index is 14.1. The molecule has 24 heavy (non-hydrogen) atoms. The normalized spacial score (nSPS) is 10.4. The highest BCUT2D eigenvalue weighted by Gasteiger charge is 2.15. The summed E-state index contributed by atoms with van der Waals surface area (Å²) in [6, 6.07) is 8.10. The third-order valence-electron chi connectivity index (χ3n) is 3.58. The second-order valence-electron chi connectivity index (χ2n) is 5.12. The molecule has 2 aromatic rings. The Labute approximate surface area is 148 Å². The van der Waals surface area contributed by atoms with Crippen molar-refractivity contribution < 1.29 is 23.4 Å². The maximum Gasteiger partial charge on any atom is 0.513 e. The molecular formula is C18H18BrFO4. The number of carbonyl (C=O) groups is 1. The Hall–Kier alpha value is -2.08. The van der Waals surface area contributed by atoms with E-state index in [9.17, 15) is 9.18 Å². The summed E-state index contributed by atoms with van der Waals surface area (Å²) in [4.78, 5) is 11.3. The number of methoxy groups -OCH3 is 1. The summed E-state index contributed by atoms with van der Waals surface area (Å²) in [6.45, 7) is 3.99. The van der Waals surface area contributed by atoms with Gasteiger partial charge in [0.25, 0.3) is 0 Å². The Balaban J connectivity index is 2.23. The molecule has 0 aromatic heterocycles. The fraction of sp³-hybridized carbons (Fsp3) is 0.278. The van der Waals surface area contributed by atoms with Gasteiger partial charge in [-0.1, -0.05) is 13.0 Å². The minimum Gasteiger partial charge on any atom is -0.487 e. The Morgan fingerprint density at radius 3 is 2.67 bits per heavy atom. The molecule has 0 amide bonds. The molecule has 0 heterocycles. The summed E-state index contributed by atoms with van der Waals surface area (Å²) in [5, 5.41) is 0. The second kappa shape index (κ2) is 8.15. The molecule has 0 spiro atoms. The van der Waals surface area contributed by atoms with Crippen molar-refractivity contribution in [1.29, 1.82) is 0 Å². The molecule has 0 N–H and O–H groups in total. The van der Waals surface area contributed by atoms with Crippen LogP contribution in [0.25, 0.3) is 0 Å². The zero-order chi connectivity index (χ0) is 17.7. The lowest BCUT2D eigenvalue weighted by Gasteiger charge is -2.14. The third-order valence-corrected chi connectivity index (χ3v) is 4.20. The summed E-state index contributed by atoms with van der Waals surface area (Å²) in [6.07, 6.45) is 0.000899. The summed E-state index contributed by atoms with van der Waals surface area (Å²) >= 11 is 3.46. The number of aryl methyl sites for hydroxylation is 2. The molecule has 4 nitrogen and oxygen atoms in total. The van der Waals surface area contributed by atoms with Gasteiger partial charge in [0.15, 0.2) is 0 Å². The van der Waals surface area contributed by atoms with E-state index in [0.717, 1.165) is 16.5 Å². The van der Waals surface area contributed by atoms with Crippen LogP contribution in [0.5, 0.6) is 11.5 Å². The molecule has 6 heteroatoms. The molecule has 0 saturated heterocycles. The first kappa shape index (κ1) is 18.3. The molecule has 0 aliphatic carbocycles. The van der Waals surface area contributed by atoms with Gasteiger partial charge in [0, 0.05) is 0 Å². The zero-order valence-electron chi connectivity index (χ0n) is 13.7. The smallest absolute Gasteiger partial charge is 0.487 e. The Morgan fingerprint density at radius 1 is 1.25 bits per heavy atom.